The van der Waals surface area contributed by atoms with E-state index >= 15 is 0 Å². The van der Waals surface area contributed by atoms with Gasteiger partial charge in [0.15, 0.2) is 0 Å². The van der Waals surface area contributed by atoms with Crippen molar-refractivity contribution in [2.24, 2.45) is 0 Å². The highest BCUT2D eigenvalue weighted by atomic mass is 35.5. The molecule has 0 spiro atoms. The summed E-state index contributed by atoms with van der Waals surface area (Å²) in [7, 11) is 0. The fourth-order valence-electron chi connectivity index (χ4n) is 2.27. The van der Waals surface area contributed by atoms with Crippen molar-refractivity contribution < 1.29 is 4.74 Å². The summed E-state index contributed by atoms with van der Waals surface area (Å²) in [6.07, 6.45) is 3.47. The first-order valence-electron chi connectivity index (χ1n) is 6.35. The summed E-state index contributed by atoms with van der Waals surface area (Å²) >= 11 is 5.89. The Hall–Kier alpha value is -0.570. The maximum absolute atomic E-state index is 5.89. The van der Waals surface area contributed by atoms with Crippen LogP contribution in [0.15, 0.2) is 24.3 Å². The minimum Gasteiger partial charge on any atom is -0.381 e. The van der Waals surface area contributed by atoms with Crippen molar-refractivity contribution in [1.82, 2.24) is 5.32 Å². The monoisotopic (exact) mass is 253 g/mol. The molecule has 0 aromatic heterocycles. The summed E-state index contributed by atoms with van der Waals surface area (Å²) < 4.78 is 5.47. The van der Waals surface area contributed by atoms with Crippen molar-refractivity contribution in [2.75, 3.05) is 13.2 Å². The third-order valence-electron chi connectivity index (χ3n) is 3.31. The van der Waals surface area contributed by atoms with Crippen LogP contribution in [0, 0.1) is 0 Å². The lowest BCUT2D eigenvalue weighted by Gasteiger charge is -2.22. The average Bonchev–Trinajstić information content (AvgIpc) is 2.58. The zero-order chi connectivity index (χ0) is 12.1. The molecule has 17 heavy (non-hydrogen) atoms. The van der Waals surface area contributed by atoms with Gasteiger partial charge in [0, 0.05) is 30.3 Å². The summed E-state index contributed by atoms with van der Waals surface area (Å²) in [5.41, 5.74) is 1.29. The van der Waals surface area contributed by atoms with Gasteiger partial charge in [0.2, 0.25) is 0 Å². The summed E-state index contributed by atoms with van der Waals surface area (Å²) in [6, 6.07) is 9.02. The molecule has 2 nitrogen and oxygen atoms in total. The lowest BCUT2D eigenvalue weighted by molar-refractivity contribution is 0.142. The van der Waals surface area contributed by atoms with E-state index in [1.807, 2.05) is 12.1 Å². The van der Waals surface area contributed by atoms with Crippen LogP contribution in [-0.2, 0) is 4.74 Å². The number of hydrogen-bond donors (Lipinski definition) is 1. The van der Waals surface area contributed by atoms with Crippen LogP contribution in [0.25, 0.3) is 0 Å². The molecule has 0 saturated carbocycles. The van der Waals surface area contributed by atoms with Crippen LogP contribution < -0.4 is 5.32 Å². The highest BCUT2D eigenvalue weighted by molar-refractivity contribution is 6.30. The largest absolute Gasteiger partial charge is 0.381 e. The minimum atomic E-state index is 0.371. The topological polar surface area (TPSA) is 21.3 Å². The Bertz CT molecular complexity index is 331. The van der Waals surface area contributed by atoms with Crippen molar-refractivity contribution in [2.45, 2.75) is 38.3 Å². The van der Waals surface area contributed by atoms with Crippen LogP contribution in [0.1, 0.15) is 37.8 Å². The maximum Gasteiger partial charge on any atom is 0.0480 e. The predicted octanol–water partition coefficient (Wildman–Crippen LogP) is 3.56. The Morgan fingerprint density at radius 1 is 1.24 bits per heavy atom. The quantitative estimate of drug-likeness (QED) is 0.889. The fraction of sp³-hybridized carbons (Fsp3) is 0.571. The Labute approximate surface area is 108 Å². The van der Waals surface area contributed by atoms with Gasteiger partial charge in [-0.2, -0.15) is 0 Å². The van der Waals surface area contributed by atoms with Gasteiger partial charge in [-0.15, -0.1) is 0 Å². The van der Waals surface area contributed by atoms with Crippen molar-refractivity contribution in [3.05, 3.63) is 34.9 Å². The summed E-state index contributed by atoms with van der Waals surface area (Å²) in [5, 5.41) is 4.47. The Morgan fingerprint density at radius 2 is 2.00 bits per heavy atom. The van der Waals surface area contributed by atoms with Crippen LogP contribution in [0.5, 0.6) is 0 Å². The Kier molecular flexibility index (Phi) is 4.84. The van der Waals surface area contributed by atoms with Gasteiger partial charge in [0.25, 0.3) is 0 Å². The number of hydrogen-bond acceptors (Lipinski definition) is 2. The zero-order valence-electron chi connectivity index (χ0n) is 10.3. The van der Waals surface area contributed by atoms with Crippen LogP contribution in [0.3, 0.4) is 0 Å². The first kappa shape index (κ1) is 12.9. The Morgan fingerprint density at radius 3 is 2.76 bits per heavy atom. The van der Waals surface area contributed by atoms with Crippen molar-refractivity contribution in [3.8, 4) is 0 Å². The van der Waals surface area contributed by atoms with E-state index in [-0.39, 0.29) is 0 Å². The molecule has 3 heteroatoms. The van der Waals surface area contributed by atoms with E-state index in [0.29, 0.717) is 12.1 Å². The van der Waals surface area contributed by atoms with Gasteiger partial charge in [-0.3, -0.25) is 0 Å². The molecule has 94 valence electrons. The molecule has 1 aromatic carbocycles. The molecular weight excluding hydrogens is 234 g/mol. The molecule has 1 heterocycles. The third-order valence-corrected chi connectivity index (χ3v) is 3.56. The average molecular weight is 254 g/mol. The summed E-state index contributed by atoms with van der Waals surface area (Å²) in [6.45, 7) is 3.99. The highest BCUT2D eigenvalue weighted by Crippen LogP contribution is 2.18. The molecule has 0 amide bonds. The van der Waals surface area contributed by atoms with E-state index in [1.54, 1.807) is 0 Å². The maximum atomic E-state index is 5.89. The van der Waals surface area contributed by atoms with Crippen LogP contribution in [0.4, 0.5) is 0 Å². The second-order valence-corrected chi connectivity index (χ2v) is 5.12. The van der Waals surface area contributed by atoms with Gasteiger partial charge < -0.3 is 10.1 Å². The minimum absolute atomic E-state index is 0.371. The summed E-state index contributed by atoms with van der Waals surface area (Å²) in [4.78, 5) is 0. The van der Waals surface area contributed by atoms with Crippen molar-refractivity contribution >= 4 is 11.6 Å². The van der Waals surface area contributed by atoms with Crippen LogP contribution in [-0.4, -0.2) is 19.3 Å². The van der Waals surface area contributed by atoms with Gasteiger partial charge >= 0.3 is 0 Å². The molecule has 2 atom stereocenters. The normalized spacial score (nSPS) is 23.1. The van der Waals surface area contributed by atoms with Gasteiger partial charge in [0.1, 0.15) is 0 Å². The summed E-state index contributed by atoms with van der Waals surface area (Å²) in [5.74, 6) is 0. The number of nitrogens with one attached hydrogen (secondary N) is 1. The second kappa shape index (κ2) is 6.39. The molecule has 1 aliphatic rings. The first-order chi connectivity index (χ1) is 8.25. The molecule has 1 aliphatic heterocycles. The standard InChI is InChI=1S/C14H20ClNO/c1-11(12-4-6-13(15)7-5-12)16-14-3-2-9-17-10-8-14/h4-7,11,14,16H,2-3,8-10H2,1H3/t11-,14?/m0/s1. The van der Waals surface area contributed by atoms with Gasteiger partial charge in [-0.05, 0) is 43.9 Å². The number of rotatable bonds is 3. The lowest BCUT2D eigenvalue weighted by atomic mass is 10.0. The Balaban J connectivity index is 1.91. The number of ether oxygens (including phenoxy) is 1. The SMILES string of the molecule is C[C@H](NC1CCCOCC1)c1ccc(Cl)cc1. The molecule has 1 unspecified atom stereocenters. The second-order valence-electron chi connectivity index (χ2n) is 4.68. The highest BCUT2D eigenvalue weighted by Gasteiger charge is 2.15. The van der Waals surface area contributed by atoms with E-state index in [1.165, 1.54) is 12.0 Å². The van der Waals surface area contributed by atoms with Crippen molar-refractivity contribution in [3.63, 3.8) is 0 Å². The predicted molar refractivity (Wildman–Crippen MR) is 71.5 cm³/mol. The first-order valence-corrected chi connectivity index (χ1v) is 6.73. The van der Waals surface area contributed by atoms with E-state index in [0.717, 1.165) is 31.1 Å². The molecule has 0 aliphatic carbocycles. The molecule has 1 N–H and O–H groups in total. The zero-order valence-corrected chi connectivity index (χ0v) is 11.0. The molecule has 1 fully saturated rings. The fourth-order valence-corrected chi connectivity index (χ4v) is 2.40. The third kappa shape index (κ3) is 3.98. The number of halogens is 1. The van der Waals surface area contributed by atoms with E-state index in [9.17, 15) is 0 Å². The van der Waals surface area contributed by atoms with E-state index < -0.39 is 0 Å². The molecule has 1 saturated heterocycles. The lowest BCUT2D eigenvalue weighted by Crippen LogP contribution is -2.31. The molecule has 1 aromatic rings. The van der Waals surface area contributed by atoms with E-state index in [4.69, 9.17) is 16.3 Å². The molecule has 0 bridgehead atoms. The smallest absolute Gasteiger partial charge is 0.0480 e. The van der Waals surface area contributed by atoms with Gasteiger partial charge in [-0.25, -0.2) is 0 Å². The van der Waals surface area contributed by atoms with Gasteiger partial charge in [-0.1, -0.05) is 23.7 Å². The molecule has 0 radical (unpaired) electrons. The number of benzene rings is 1. The molecule has 2 rings (SSSR count). The van der Waals surface area contributed by atoms with Crippen LogP contribution in [0.2, 0.25) is 5.02 Å². The molecular formula is C14H20ClNO. The van der Waals surface area contributed by atoms with Crippen molar-refractivity contribution in [1.29, 1.82) is 0 Å². The van der Waals surface area contributed by atoms with Gasteiger partial charge in [0.05, 0.1) is 0 Å². The van der Waals surface area contributed by atoms with E-state index in [2.05, 4.69) is 24.4 Å². The van der Waals surface area contributed by atoms with Crippen LogP contribution >= 0.6 is 11.6 Å².